The molecule has 0 bridgehead atoms. The van der Waals surface area contributed by atoms with E-state index >= 15 is 0 Å². The van der Waals surface area contributed by atoms with Gasteiger partial charge in [-0.05, 0) is 13.0 Å². The van der Waals surface area contributed by atoms with E-state index in [1.54, 1.807) is 6.92 Å². The first kappa shape index (κ1) is 10.9. The minimum Gasteiger partial charge on any atom is -0.464 e. The van der Waals surface area contributed by atoms with Crippen molar-refractivity contribution in [3.05, 3.63) is 29.3 Å². The second kappa shape index (κ2) is 4.08. The van der Waals surface area contributed by atoms with E-state index in [9.17, 15) is 13.6 Å². The van der Waals surface area contributed by atoms with Crippen LogP contribution >= 0.6 is 0 Å². The molecule has 0 fully saturated rings. The second-order valence-electron chi connectivity index (χ2n) is 3.57. The third-order valence-corrected chi connectivity index (χ3v) is 2.47. The van der Waals surface area contributed by atoms with Gasteiger partial charge in [0.05, 0.1) is 6.61 Å². The van der Waals surface area contributed by atoms with Crippen LogP contribution in [0.1, 0.15) is 12.5 Å². The normalized spacial score (nSPS) is 17.8. The molecule has 0 saturated heterocycles. The third-order valence-electron chi connectivity index (χ3n) is 2.47. The molecule has 1 N–H and O–H groups in total. The van der Waals surface area contributed by atoms with E-state index in [-0.39, 0.29) is 13.0 Å². The summed E-state index contributed by atoms with van der Waals surface area (Å²) in [7, 11) is 0. The van der Waals surface area contributed by atoms with Crippen LogP contribution in [0.2, 0.25) is 0 Å². The summed E-state index contributed by atoms with van der Waals surface area (Å²) in [5.41, 5.74) is 0.662. The molecule has 0 unspecified atom stereocenters. The molecule has 1 atom stereocenters. The lowest BCUT2D eigenvalue weighted by Crippen LogP contribution is -2.29. The van der Waals surface area contributed by atoms with Crippen molar-refractivity contribution < 1.29 is 18.3 Å². The van der Waals surface area contributed by atoms with Gasteiger partial charge in [-0.2, -0.15) is 0 Å². The van der Waals surface area contributed by atoms with Crippen LogP contribution in [0.25, 0.3) is 0 Å². The minimum absolute atomic E-state index is 0.195. The van der Waals surface area contributed by atoms with Gasteiger partial charge in [-0.1, -0.05) is 0 Å². The van der Waals surface area contributed by atoms with Crippen molar-refractivity contribution >= 4 is 11.7 Å². The molecule has 86 valence electrons. The monoisotopic (exact) mass is 227 g/mol. The summed E-state index contributed by atoms with van der Waals surface area (Å²) in [5.74, 6) is -1.74. The van der Waals surface area contributed by atoms with Gasteiger partial charge in [0, 0.05) is 23.7 Å². The first-order valence-corrected chi connectivity index (χ1v) is 5.03. The van der Waals surface area contributed by atoms with E-state index in [1.807, 2.05) is 0 Å². The van der Waals surface area contributed by atoms with Crippen LogP contribution in [0.15, 0.2) is 12.1 Å². The van der Waals surface area contributed by atoms with Gasteiger partial charge in [-0.15, -0.1) is 0 Å². The quantitative estimate of drug-likeness (QED) is 0.784. The highest BCUT2D eigenvalue weighted by atomic mass is 19.1. The van der Waals surface area contributed by atoms with Crippen LogP contribution < -0.4 is 5.32 Å². The number of halogens is 2. The van der Waals surface area contributed by atoms with E-state index < -0.39 is 23.6 Å². The van der Waals surface area contributed by atoms with Crippen molar-refractivity contribution in [1.29, 1.82) is 0 Å². The molecule has 1 aliphatic heterocycles. The number of carbonyl (C=O) groups excluding carboxylic acids is 1. The maximum Gasteiger partial charge on any atom is 0.328 e. The number of fused-ring (bicyclic) bond motifs is 1. The highest BCUT2D eigenvalue weighted by Crippen LogP contribution is 2.29. The molecule has 0 saturated carbocycles. The smallest absolute Gasteiger partial charge is 0.328 e. The summed E-state index contributed by atoms with van der Waals surface area (Å²) in [4.78, 5) is 11.4. The Balaban J connectivity index is 2.21. The highest BCUT2D eigenvalue weighted by molar-refractivity contribution is 5.82. The zero-order valence-electron chi connectivity index (χ0n) is 8.72. The molecule has 0 aliphatic carbocycles. The van der Waals surface area contributed by atoms with Gasteiger partial charge in [0.25, 0.3) is 0 Å². The van der Waals surface area contributed by atoms with Crippen molar-refractivity contribution in [3.63, 3.8) is 0 Å². The van der Waals surface area contributed by atoms with Crippen LogP contribution in [-0.4, -0.2) is 18.6 Å². The number of hydrogen-bond acceptors (Lipinski definition) is 3. The number of nitrogens with one attached hydrogen (secondary N) is 1. The average Bonchev–Trinajstić information content (AvgIpc) is 2.62. The molecule has 2 rings (SSSR count). The predicted octanol–water partition coefficient (Wildman–Crippen LogP) is 1.86. The van der Waals surface area contributed by atoms with Crippen molar-refractivity contribution in [2.24, 2.45) is 0 Å². The largest absolute Gasteiger partial charge is 0.464 e. The molecule has 0 amide bonds. The fraction of sp³-hybridized carbons (Fsp3) is 0.364. The molecule has 1 heterocycles. The summed E-state index contributed by atoms with van der Waals surface area (Å²) >= 11 is 0. The Hall–Kier alpha value is -1.65. The maximum absolute atomic E-state index is 13.3. The molecule has 3 nitrogen and oxygen atoms in total. The summed E-state index contributed by atoms with van der Waals surface area (Å²) in [5, 5.41) is 2.75. The lowest BCUT2D eigenvalue weighted by molar-refractivity contribution is -0.143. The summed E-state index contributed by atoms with van der Waals surface area (Å²) in [6.45, 7) is 1.96. The molecule has 0 aromatic heterocycles. The molecule has 0 radical (unpaired) electrons. The molecule has 1 aromatic carbocycles. The van der Waals surface area contributed by atoms with Crippen LogP contribution in [0, 0.1) is 11.6 Å². The second-order valence-corrected chi connectivity index (χ2v) is 3.57. The van der Waals surface area contributed by atoms with Gasteiger partial charge in [0.15, 0.2) is 0 Å². The Labute approximate surface area is 91.4 Å². The van der Waals surface area contributed by atoms with Crippen LogP contribution in [-0.2, 0) is 16.0 Å². The van der Waals surface area contributed by atoms with Gasteiger partial charge < -0.3 is 10.1 Å². The standard InChI is InChI=1S/C11H11F2NO2/c1-2-16-11(15)10-5-7-8(13)3-6(12)4-9(7)14-10/h3-4,10,14H,2,5H2,1H3/t10-/m1/s1. The third kappa shape index (κ3) is 1.85. The number of benzene rings is 1. The van der Waals surface area contributed by atoms with Crippen LogP contribution in [0.4, 0.5) is 14.5 Å². The molecule has 0 spiro atoms. The fourth-order valence-corrected chi connectivity index (χ4v) is 1.77. The molecule has 1 aromatic rings. The summed E-state index contributed by atoms with van der Waals surface area (Å²) in [6.07, 6.45) is 0.195. The zero-order valence-corrected chi connectivity index (χ0v) is 8.72. The van der Waals surface area contributed by atoms with Crippen LogP contribution in [0.5, 0.6) is 0 Å². The van der Waals surface area contributed by atoms with E-state index in [4.69, 9.17) is 4.74 Å². The number of rotatable bonds is 2. The van der Waals surface area contributed by atoms with E-state index in [1.165, 1.54) is 6.07 Å². The maximum atomic E-state index is 13.3. The highest BCUT2D eigenvalue weighted by Gasteiger charge is 2.30. The summed E-state index contributed by atoms with van der Waals surface area (Å²) < 4.78 is 31.1. The number of carbonyl (C=O) groups is 1. The molecule has 1 aliphatic rings. The van der Waals surface area contributed by atoms with Crippen molar-refractivity contribution in [3.8, 4) is 0 Å². The Kier molecular flexibility index (Phi) is 2.77. The zero-order chi connectivity index (χ0) is 11.7. The molecular formula is C11H11F2NO2. The van der Waals surface area contributed by atoms with Crippen LogP contribution in [0.3, 0.4) is 0 Å². The molecule has 5 heteroatoms. The van der Waals surface area contributed by atoms with Crippen molar-refractivity contribution in [1.82, 2.24) is 0 Å². The van der Waals surface area contributed by atoms with E-state index in [2.05, 4.69) is 5.32 Å². The molecular weight excluding hydrogens is 216 g/mol. The van der Waals surface area contributed by atoms with Gasteiger partial charge in [-0.3, -0.25) is 0 Å². The number of hydrogen-bond donors (Lipinski definition) is 1. The Morgan fingerprint density at radius 1 is 1.56 bits per heavy atom. The van der Waals surface area contributed by atoms with E-state index in [0.717, 1.165) is 6.07 Å². The first-order chi connectivity index (χ1) is 7.61. The number of anilines is 1. The minimum atomic E-state index is -0.659. The Bertz CT molecular complexity index is 434. The molecule has 16 heavy (non-hydrogen) atoms. The van der Waals surface area contributed by atoms with Gasteiger partial charge >= 0.3 is 5.97 Å². The topological polar surface area (TPSA) is 38.3 Å². The SMILES string of the molecule is CCOC(=O)[C@H]1Cc2c(F)cc(F)cc2N1. The number of ether oxygens (including phenoxy) is 1. The van der Waals surface area contributed by atoms with Crippen molar-refractivity contribution in [2.45, 2.75) is 19.4 Å². The fourth-order valence-electron chi connectivity index (χ4n) is 1.77. The average molecular weight is 227 g/mol. The first-order valence-electron chi connectivity index (χ1n) is 5.03. The predicted molar refractivity (Wildman–Crippen MR) is 54.1 cm³/mol. The Morgan fingerprint density at radius 2 is 2.31 bits per heavy atom. The lowest BCUT2D eigenvalue weighted by Gasteiger charge is -2.09. The van der Waals surface area contributed by atoms with Gasteiger partial charge in [-0.25, -0.2) is 13.6 Å². The van der Waals surface area contributed by atoms with E-state index in [0.29, 0.717) is 11.3 Å². The van der Waals surface area contributed by atoms with Gasteiger partial charge in [0.2, 0.25) is 0 Å². The Morgan fingerprint density at radius 3 is 3.00 bits per heavy atom. The van der Waals surface area contributed by atoms with Gasteiger partial charge in [0.1, 0.15) is 17.7 Å². The summed E-state index contributed by atoms with van der Waals surface area (Å²) in [6, 6.07) is 1.37. The number of esters is 1. The van der Waals surface area contributed by atoms with Crippen molar-refractivity contribution in [2.75, 3.05) is 11.9 Å². The lowest BCUT2D eigenvalue weighted by atomic mass is 10.1.